The van der Waals surface area contributed by atoms with Crippen molar-refractivity contribution < 1.29 is 13.3 Å². The fraction of sp³-hybridized carbons (Fsp3) is 0. The molecule has 0 fully saturated rings. The van der Waals surface area contributed by atoms with Crippen molar-refractivity contribution in [2.75, 3.05) is 0 Å². The average Bonchev–Trinajstić information content (AvgIpc) is 4.19. The number of furan rings is 3. The van der Waals surface area contributed by atoms with E-state index in [1.165, 1.54) is 21.8 Å². The molecule has 0 aliphatic carbocycles. The van der Waals surface area contributed by atoms with E-state index >= 15 is 0 Å². The molecule has 0 spiro atoms. The van der Waals surface area contributed by atoms with E-state index in [4.69, 9.17) is 23.2 Å². The van der Waals surface area contributed by atoms with Crippen LogP contribution in [0.4, 0.5) is 0 Å². The summed E-state index contributed by atoms with van der Waals surface area (Å²) < 4.78 is 21.9. The standard InChI is InChI=1S/C64H37N3O3/c1-3-13-38(14-4-1)52-37-53(42-25-29-47-46-18-8-10-22-56(46)70-61(47)36-42)66-64(65-52)48-20-12-24-60-63(48)51-35-41(28-32-58(51)69-60)44-19-11-23-59-62(44)50-34-40(27-31-57(50)68-59)39-26-30-55-49(33-39)45-17-7-9-21-54(45)67(55)43-15-5-2-6-16-43/h1-37H. The van der Waals surface area contributed by atoms with Crippen LogP contribution in [0.25, 0.3) is 149 Å². The largest absolute Gasteiger partial charge is 0.456 e. The van der Waals surface area contributed by atoms with Crippen LogP contribution in [-0.4, -0.2) is 14.5 Å². The maximum atomic E-state index is 6.62. The van der Waals surface area contributed by atoms with Crippen molar-refractivity contribution in [1.29, 1.82) is 0 Å². The van der Waals surface area contributed by atoms with Gasteiger partial charge in [0.05, 0.1) is 22.4 Å². The Bertz CT molecular complexity index is 4590. The van der Waals surface area contributed by atoms with Crippen LogP contribution in [0.2, 0.25) is 0 Å². The van der Waals surface area contributed by atoms with E-state index in [2.05, 4.69) is 180 Å². The molecule has 70 heavy (non-hydrogen) atoms. The van der Waals surface area contributed by atoms with E-state index < -0.39 is 0 Å². The van der Waals surface area contributed by atoms with Gasteiger partial charge in [-0.15, -0.1) is 0 Å². The van der Waals surface area contributed by atoms with Gasteiger partial charge in [-0.05, 0) is 113 Å². The van der Waals surface area contributed by atoms with Crippen molar-refractivity contribution >= 4 is 87.6 Å². The molecule has 326 valence electrons. The number of benzene rings is 10. The lowest BCUT2D eigenvalue weighted by Crippen LogP contribution is -1.96. The minimum Gasteiger partial charge on any atom is -0.456 e. The topological polar surface area (TPSA) is 70.1 Å². The van der Waals surface area contributed by atoms with Crippen LogP contribution in [0, 0.1) is 0 Å². The first-order chi connectivity index (χ1) is 34.7. The zero-order chi connectivity index (χ0) is 45.9. The smallest absolute Gasteiger partial charge is 0.161 e. The molecule has 0 radical (unpaired) electrons. The van der Waals surface area contributed by atoms with E-state index in [0.717, 1.165) is 122 Å². The number of hydrogen-bond acceptors (Lipinski definition) is 5. The molecule has 6 nitrogen and oxygen atoms in total. The molecule has 15 aromatic rings. The summed E-state index contributed by atoms with van der Waals surface area (Å²) in [5, 5.41) is 8.67. The predicted octanol–water partition coefficient (Wildman–Crippen LogP) is 17.6. The van der Waals surface area contributed by atoms with Crippen molar-refractivity contribution in [2.45, 2.75) is 0 Å². The lowest BCUT2D eigenvalue weighted by atomic mass is 9.95. The number of rotatable bonds is 6. The molecule has 0 aliphatic rings. The Balaban J connectivity index is 0.876. The summed E-state index contributed by atoms with van der Waals surface area (Å²) in [6.07, 6.45) is 0. The van der Waals surface area contributed by atoms with Gasteiger partial charge in [0.2, 0.25) is 0 Å². The number of para-hydroxylation sites is 3. The Labute approximate surface area is 399 Å². The van der Waals surface area contributed by atoms with Gasteiger partial charge >= 0.3 is 0 Å². The maximum absolute atomic E-state index is 6.62. The molecule has 6 heteroatoms. The Hall–Kier alpha value is -9.52. The normalized spacial score (nSPS) is 12.0. The lowest BCUT2D eigenvalue weighted by Gasteiger charge is -2.10. The first-order valence-corrected chi connectivity index (χ1v) is 23.5. The van der Waals surface area contributed by atoms with Gasteiger partial charge in [0, 0.05) is 65.5 Å². The molecule has 0 N–H and O–H groups in total. The maximum Gasteiger partial charge on any atom is 0.161 e. The second kappa shape index (κ2) is 15.0. The summed E-state index contributed by atoms with van der Waals surface area (Å²) in [7, 11) is 0. The zero-order valence-corrected chi connectivity index (χ0v) is 37.4. The molecule has 0 unspecified atom stereocenters. The van der Waals surface area contributed by atoms with Crippen LogP contribution >= 0.6 is 0 Å². The molecule has 5 aromatic heterocycles. The highest BCUT2D eigenvalue weighted by Crippen LogP contribution is 2.44. The van der Waals surface area contributed by atoms with Crippen molar-refractivity contribution in [3.63, 3.8) is 0 Å². The van der Waals surface area contributed by atoms with Gasteiger partial charge in [-0.2, -0.15) is 0 Å². The zero-order valence-electron chi connectivity index (χ0n) is 37.4. The highest BCUT2D eigenvalue weighted by molar-refractivity contribution is 6.17. The van der Waals surface area contributed by atoms with Crippen LogP contribution in [0.5, 0.6) is 0 Å². The number of fused-ring (bicyclic) bond motifs is 12. The fourth-order valence-electron chi connectivity index (χ4n) is 10.8. The molecule has 0 atom stereocenters. The molecule has 5 heterocycles. The SMILES string of the molecule is c1ccc(-c2cc(-c3ccc4c(c3)oc3ccccc34)nc(-c3cccc4oc5ccc(-c6cccc7oc8ccc(-c9ccc%10c(c9)c9ccccc9n%10-c9ccccc9)cc8c67)cc5c34)n2)cc1. The first kappa shape index (κ1) is 38.6. The van der Waals surface area contributed by atoms with Crippen molar-refractivity contribution in [2.24, 2.45) is 0 Å². The molecule has 0 saturated heterocycles. The number of aromatic nitrogens is 3. The third-order valence-corrected chi connectivity index (χ3v) is 14.0. The van der Waals surface area contributed by atoms with E-state index in [0.29, 0.717) is 5.82 Å². The van der Waals surface area contributed by atoms with Crippen LogP contribution in [0.3, 0.4) is 0 Å². The number of hydrogen-bond donors (Lipinski definition) is 0. The minimum atomic E-state index is 0.609. The van der Waals surface area contributed by atoms with Gasteiger partial charge in [0.25, 0.3) is 0 Å². The summed E-state index contributed by atoms with van der Waals surface area (Å²) in [4.78, 5) is 10.6. The highest BCUT2D eigenvalue weighted by atomic mass is 16.3. The van der Waals surface area contributed by atoms with Crippen LogP contribution in [0.15, 0.2) is 238 Å². The third-order valence-electron chi connectivity index (χ3n) is 14.0. The van der Waals surface area contributed by atoms with Crippen molar-refractivity contribution in [3.05, 3.63) is 224 Å². The third kappa shape index (κ3) is 5.93. The molecule has 0 bridgehead atoms. The second-order valence-electron chi connectivity index (χ2n) is 18.0. The van der Waals surface area contributed by atoms with Crippen molar-refractivity contribution in [3.8, 4) is 61.8 Å². The highest BCUT2D eigenvalue weighted by Gasteiger charge is 2.21. The average molecular weight is 896 g/mol. The minimum absolute atomic E-state index is 0.609. The lowest BCUT2D eigenvalue weighted by molar-refractivity contribution is 0.668. The van der Waals surface area contributed by atoms with Gasteiger partial charge < -0.3 is 17.8 Å². The Morgan fingerprint density at radius 2 is 0.814 bits per heavy atom. The van der Waals surface area contributed by atoms with Gasteiger partial charge in [-0.25, -0.2) is 9.97 Å². The summed E-state index contributed by atoms with van der Waals surface area (Å²) in [5.74, 6) is 0.609. The molecule has 0 saturated carbocycles. The van der Waals surface area contributed by atoms with E-state index in [9.17, 15) is 0 Å². The van der Waals surface area contributed by atoms with E-state index in [1.54, 1.807) is 0 Å². The van der Waals surface area contributed by atoms with Crippen LogP contribution in [-0.2, 0) is 0 Å². The monoisotopic (exact) mass is 895 g/mol. The summed E-state index contributed by atoms with van der Waals surface area (Å²) in [6, 6.07) is 78.4. The Kier molecular flexibility index (Phi) is 8.26. The van der Waals surface area contributed by atoms with Crippen molar-refractivity contribution in [1.82, 2.24) is 14.5 Å². The molecule has 15 rings (SSSR count). The number of nitrogens with zero attached hydrogens (tertiary/aromatic N) is 3. The molecule has 10 aromatic carbocycles. The summed E-state index contributed by atoms with van der Waals surface area (Å²) in [5.41, 5.74) is 17.3. The first-order valence-electron chi connectivity index (χ1n) is 23.5. The Morgan fingerprint density at radius 3 is 1.60 bits per heavy atom. The summed E-state index contributed by atoms with van der Waals surface area (Å²) in [6.45, 7) is 0. The molecule has 0 amide bonds. The van der Waals surface area contributed by atoms with Crippen LogP contribution in [0.1, 0.15) is 0 Å². The fourth-order valence-corrected chi connectivity index (χ4v) is 10.8. The van der Waals surface area contributed by atoms with Gasteiger partial charge in [0.15, 0.2) is 5.82 Å². The van der Waals surface area contributed by atoms with E-state index in [1.807, 2.05) is 48.5 Å². The molecular formula is C64H37N3O3. The van der Waals surface area contributed by atoms with Crippen LogP contribution < -0.4 is 0 Å². The summed E-state index contributed by atoms with van der Waals surface area (Å²) >= 11 is 0. The van der Waals surface area contributed by atoms with Gasteiger partial charge in [-0.1, -0.05) is 133 Å². The Morgan fingerprint density at radius 1 is 0.286 bits per heavy atom. The van der Waals surface area contributed by atoms with E-state index in [-0.39, 0.29) is 0 Å². The second-order valence-corrected chi connectivity index (χ2v) is 18.0. The van der Waals surface area contributed by atoms with Gasteiger partial charge in [-0.3, -0.25) is 0 Å². The predicted molar refractivity (Wildman–Crippen MR) is 285 cm³/mol. The molecular weight excluding hydrogens is 859 g/mol. The quantitative estimate of drug-likeness (QED) is 0.166. The molecule has 0 aliphatic heterocycles. The van der Waals surface area contributed by atoms with Gasteiger partial charge in [0.1, 0.15) is 33.5 Å².